The van der Waals surface area contributed by atoms with Gasteiger partial charge in [0.2, 0.25) is 35.4 Å². The second-order valence-electron chi connectivity index (χ2n) is 14.5. The highest BCUT2D eigenvalue weighted by Crippen LogP contribution is 2.22. The van der Waals surface area contributed by atoms with E-state index in [2.05, 4.69) is 31.2 Å². The van der Waals surface area contributed by atoms with Gasteiger partial charge in [0.25, 0.3) is 0 Å². The monoisotopic (exact) mass is 717 g/mol. The fraction of sp³-hybridized carbons (Fsp3) is 0.706. The molecule has 284 valence electrons. The molecular weight excluding hydrogens is 662 g/mol. The van der Waals surface area contributed by atoms with E-state index in [1.807, 2.05) is 27.7 Å². The van der Waals surface area contributed by atoms with E-state index >= 15 is 0 Å². The second-order valence-corrected chi connectivity index (χ2v) is 14.5. The maximum atomic E-state index is 13.8. The van der Waals surface area contributed by atoms with Crippen LogP contribution < -0.4 is 27.0 Å². The standard InChI is InChI=1S/C34H55N9O8/c1-18(2)13-23(32(48)43-12-8-10-27(43)31(47)41-25(34(50)51)14-19(3)4)40-29(45)21(6)38-30(46)26-9-7-11-42(26)33(49)24(39-28(44)20(5)35)15-22-16-36-17-37-22/h16-21,23-27H,7-15,35H2,1-6H3,(H,36,37)(H,38,46)(H,39,44)(H,40,45)(H,41,47)(H,50,51)/t20-,21-,23-,24-,25-,26-,27-/m0/s1. The summed E-state index contributed by atoms with van der Waals surface area (Å²) in [4.78, 5) is 102. The van der Waals surface area contributed by atoms with E-state index in [-0.39, 0.29) is 44.2 Å². The molecule has 7 atom stereocenters. The number of hydrogen-bond donors (Lipinski definition) is 7. The number of carboxylic acids is 1. The Morgan fingerprint density at radius 3 is 1.78 bits per heavy atom. The molecule has 0 aliphatic carbocycles. The number of carboxylic acid groups (broad SMARTS) is 1. The third kappa shape index (κ3) is 11.5. The predicted molar refractivity (Wildman–Crippen MR) is 185 cm³/mol. The fourth-order valence-electron chi connectivity index (χ4n) is 6.45. The summed E-state index contributed by atoms with van der Waals surface area (Å²) in [6, 6.07) is -6.82. The van der Waals surface area contributed by atoms with Gasteiger partial charge < -0.3 is 46.9 Å². The number of nitrogens with one attached hydrogen (secondary N) is 5. The summed E-state index contributed by atoms with van der Waals surface area (Å²) in [6.45, 7) is 11.0. The number of carbonyl (C=O) groups excluding carboxylic acids is 6. The van der Waals surface area contributed by atoms with Crippen LogP contribution in [0.25, 0.3) is 0 Å². The molecule has 6 amide bonds. The number of H-pyrrole nitrogens is 1. The van der Waals surface area contributed by atoms with Crippen molar-refractivity contribution < 1.29 is 38.7 Å². The summed E-state index contributed by atoms with van der Waals surface area (Å²) in [6.07, 6.45) is 5.35. The molecule has 17 nitrogen and oxygen atoms in total. The Morgan fingerprint density at radius 2 is 1.29 bits per heavy atom. The van der Waals surface area contributed by atoms with Gasteiger partial charge in [-0.1, -0.05) is 27.7 Å². The van der Waals surface area contributed by atoms with Gasteiger partial charge in [0, 0.05) is 31.4 Å². The van der Waals surface area contributed by atoms with Crippen LogP contribution in [0, 0.1) is 11.8 Å². The molecule has 0 bridgehead atoms. The first-order chi connectivity index (χ1) is 24.0. The first-order valence-electron chi connectivity index (χ1n) is 17.8. The zero-order chi connectivity index (χ0) is 38.0. The molecule has 0 aromatic carbocycles. The number of nitrogens with two attached hydrogens (primary N) is 1. The number of hydrogen-bond acceptors (Lipinski definition) is 9. The molecule has 3 heterocycles. The second kappa shape index (κ2) is 18.6. The molecule has 1 aromatic rings. The van der Waals surface area contributed by atoms with Crippen molar-refractivity contribution in [2.75, 3.05) is 13.1 Å². The van der Waals surface area contributed by atoms with E-state index in [9.17, 15) is 38.7 Å². The average molecular weight is 718 g/mol. The van der Waals surface area contributed by atoms with Crippen molar-refractivity contribution in [1.29, 1.82) is 0 Å². The SMILES string of the molecule is CC(C)C[C@H](NC(=O)[C@@H]1CCCN1C(=O)[C@H](CC(C)C)NC(=O)[C@H](C)NC(=O)[C@@H]1CCCN1C(=O)[C@H](Cc1cnc[nH]1)NC(=O)[C@H](C)N)C(=O)O. The lowest BCUT2D eigenvalue weighted by Crippen LogP contribution is -2.59. The van der Waals surface area contributed by atoms with Gasteiger partial charge in [-0.2, -0.15) is 0 Å². The molecule has 0 unspecified atom stereocenters. The van der Waals surface area contributed by atoms with Gasteiger partial charge in [0.15, 0.2) is 0 Å². The number of carbonyl (C=O) groups is 7. The lowest BCUT2D eigenvalue weighted by molar-refractivity contribution is -0.145. The highest BCUT2D eigenvalue weighted by molar-refractivity contribution is 5.97. The van der Waals surface area contributed by atoms with Crippen molar-refractivity contribution in [3.63, 3.8) is 0 Å². The van der Waals surface area contributed by atoms with Crippen molar-refractivity contribution in [2.45, 2.75) is 129 Å². The molecule has 3 rings (SSSR count). The van der Waals surface area contributed by atoms with Gasteiger partial charge in [0.1, 0.15) is 36.3 Å². The van der Waals surface area contributed by atoms with Crippen LogP contribution in [0.15, 0.2) is 12.5 Å². The zero-order valence-corrected chi connectivity index (χ0v) is 30.4. The first-order valence-corrected chi connectivity index (χ1v) is 17.8. The molecule has 8 N–H and O–H groups in total. The minimum absolute atomic E-state index is 0.0167. The number of likely N-dealkylation sites (tertiary alicyclic amines) is 2. The minimum atomic E-state index is -1.15. The van der Waals surface area contributed by atoms with Gasteiger partial charge in [0.05, 0.1) is 12.4 Å². The summed E-state index contributed by atoms with van der Waals surface area (Å²) < 4.78 is 0. The summed E-state index contributed by atoms with van der Waals surface area (Å²) in [7, 11) is 0. The number of aromatic amines is 1. The van der Waals surface area contributed by atoms with E-state index < -0.39 is 83.7 Å². The maximum Gasteiger partial charge on any atom is 0.326 e. The minimum Gasteiger partial charge on any atom is -0.480 e. The van der Waals surface area contributed by atoms with Crippen molar-refractivity contribution in [3.05, 3.63) is 18.2 Å². The van der Waals surface area contributed by atoms with Crippen molar-refractivity contribution in [2.24, 2.45) is 17.6 Å². The summed E-state index contributed by atoms with van der Waals surface area (Å²) in [5, 5.41) is 20.3. The Kier molecular flexibility index (Phi) is 14.9. The molecule has 51 heavy (non-hydrogen) atoms. The van der Waals surface area contributed by atoms with E-state index in [0.717, 1.165) is 0 Å². The van der Waals surface area contributed by atoms with E-state index in [1.54, 1.807) is 0 Å². The highest BCUT2D eigenvalue weighted by Gasteiger charge is 2.41. The molecule has 0 radical (unpaired) electrons. The average Bonchev–Trinajstić information content (AvgIpc) is 3.85. The third-order valence-corrected chi connectivity index (χ3v) is 9.08. The smallest absolute Gasteiger partial charge is 0.326 e. The van der Waals surface area contributed by atoms with E-state index in [4.69, 9.17) is 5.73 Å². The highest BCUT2D eigenvalue weighted by atomic mass is 16.4. The Hall–Kier alpha value is -4.54. The predicted octanol–water partition coefficient (Wildman–Crippen LogP) is -0.583. The zero-order valence-electron chi connectivity index (χ0n) is 30.4. The maximum absolute atomic E-state index is 13.8. The number of aliphatic carboxylic acids is 1. The van der Waals surface area contributed by atoms with Gasteiger partial charge in [-0.05, 0) is 64.2 Å². The van der Waals surface area contributed by atoms with Crippen LogP contribution in [-0.4, -0.2) is 122 Å². The normalized spacial score (nSPS) is 20.3. The number of aromatic nitrogens is 2. The lowest BCUT2D eigenvalue weighted by atomic mass is 10.0. The molecule has 2 aliphatic rings. The molecule has 2 fully saturated rings. The topological polar surface area (TPSA) is 249 Å². The quantitative estimate of drug-likeness (QED) is 0.108. The van der Waals surface area contributed by atoms with Crippen LogP contribution in [0.5, 0.6) is 0 Å². The third-order valence-electron chi connectivity index (χ3n) is 9.08. The lowest BCUT2D eigenvalue weighted by Gasteiger charge is -2.31. The van der Waals surface area contributed by atoms with Gasteiger partial charge in [-0.15, -0.1) is 0 Å². The van der Waals surface area contributed by atoms with Crippen molar-refractivity contribution in [3.8, 4) is 0 Å². The molecule has 0 spiro atoms. The van der Waals surface area contributed by atoms with Crippen LogP contribution in [0.1, 0.15) is 85.8 Å². The summed E-state index contributed by atoms with van der Waals surface area (Å²) in [5.41, 5.74) is 6.33. The Bertz CT molecular complexity index is 1400. The molecule has 2 saturated heterocycles. The van der Waals surface area contributed by atoms with Gasteiger partial charge >= 0.3 is 5.97 Å². The van der Waals surface area contributed by atoms with Crippen LogP contribution in [0.4, 0.5) is 0 Å². The van der Waals surface area contributed by atoms with Crippen molar-refractivity contribution in [1.82, 2.24) is 41.0 Å². The number of nitrogens with zero attached hydrogens (tertiary/aromatic N) is 3. The molecule has 0 saturated carbocycles. The van der Waals surface area contributed by atoms with Crippen LogP contribution in [-0.2, 0) is 40.0 Å². The summed E-state index contributed by atoms with van der Waals surface area (Å²) in [5.74, 6) is -4.34. The largest absolute Gasteiger partial charge is 0.480 e. The Balaban J connectivity index is 1.68. The Morgan fingerprint density at radius 1 is 0.784 bits per heavy atom. The van der Waals surface area contributed by atoms with Crippen LogP contribution in [0.2, 0.25) is 0 Å². The number of imidazole rings is 1. The van der Waals surface area contributed by atoms with Crippen molar-refractivity contribution >= 4 is 41.4 Å². The van der Waals surface area contributed by atoms with Crippen LogP contribution >= 0.6 is 0 Å². The number of rotatable bonds is 17. The van der Waals surface area contributed by atoms with E-state index in [0.29, 0.717) is 31.4 Å². The van der Waals surface area contributed by atoms with Gasteiger partial charge in [-0.3, -0.25) is 28.8 Å². The van der Waals surface area contributed by atoms with Crippen LogP contribution in [0.3, 0.4) is 0 Å². The molecular formula is C34H55N9O8. The van der Waals surface area contributed by atoms with Gasteiger partial charge in [-0.25, -0.2) is 9.78 Å². The molecule has 17 heteroatoms. The fourth-order valence-corrected chi connectivity index (χ4v) is 6.45. The van der Waals surface area contributed by atoms with E-state index in [1.165, 1.54) is 36.2 Å². The first kappa shape index (κ1) is 40.9. The molecule has 1 aromatic heterocycles. The molecule has 2 aliphatic heterocycles. The number of amides is 6. The Labute approximate surface area is 298 Å². The summed E-state index contributed by atoms with van der Waals surface area (Å²) >= 11 is 0.